The molecule has 2 aliphatic rings. The fourth-order valence-electron chi connectivity index (χ4n) is 3.64. The summed E-state index contributed by atoms with van der Waals surface area (Å²) in [5.41, 5.74) is 2.55. The Labute approximate surface area is 173 Å². The van der Waals surface area contributed by atoms with Gasteiger partial charge in [-0.05, 0) is 0 Å². The zero-order valence-corrected chi connectivity index (χ0v) is 17.2. The van der Waals surface area contributed by atoms with Crippen LogP contribution in [-0.4, -0.2) is 47.6 Å². The molecule has 1 aromatic heterocycles. The van der Waals surface area contributed by atoms with E-state index in [-0.39, 0.29) is 6.10 Å². The molecule has 0 fully saturated rings. The van der Waals surface area contributed by atoms with Gasteiger partial charge in [0.25, 0.3) is 0 Å². The van der Waals surface area contributed by atoms with Crippen molar-refractivity contribution in [2.45, 2.75) is 24.4 Å². The molecule has 5 rings (SSSR count). The van der Waals surface area contributed by atoms with E-state index in [0.29, 0.717) is 50.4 Å². The first kappa shape index (κ1) is 18.0. The molecule has 0 radical (unpaired) electrons. The Morgan fingerprint density at radius 1 is 1.00 bits per heavy atom. The standard InChI is InChI=1S/C22H17N3O3Se/c26-20-17-8-4-5-9-18(17)22-19(21(20)27)10-15(28-22)12-25-11-14(23-24-25)13-29-16-6-2-1-3-7-16/h1-9,11,15H,10,12-13H2. The number of fused-ring (bicyclic) bond motifs is 2. The van der Waals surface area contributed by atoms with Crippen LogP contribution in [0.3, 0.4) is 0 Å². The number of Topliss-reactive ketones (excluding diaryl/α,β-unsaturated/α-hetero) is 2. The molecule has 6 nitrogen and oxygen atoms in total. The summed E-state index contributed by atoms with van der Waals surface area (Å²) in [7, 11) is 0. The van der Waals surface area contributed by atoms with Crippen LogP contribution in [0.5, 0.6) is 0 Å². The molecule has 0 N–H and O–H groups in total. The molecule has 144 valence electrons. The Bertz CT molecular complexity index is 1140. The van der Waals surface area contributed by atoms with Gasteiger partial charge in [-0.2, -0.15) is 0 Å². The normalized spacial score (nSPS) is 17.9. The number of aromatic nitrogens is 3. The van der Waals surface area contributed by atoms with Crippen LogP contribution in [0, 0.1) is 0 Å². The number of rotatable bonds is 5. The fourth-order valence-corrected chi connectivity index (χ4v) is 5.31. The Morgan fingerprint density at radius 3 is 2.59 bits per heavy atom. The van der Waals surface area contributed by atoms with Crippen LogP contribution in [0.1, 0.15) is 28.0 Å². The Kier molecular flexibility index (Phi) is 4.62. The fraction of sp³-hybridized carbons (Fsp3) is 0.182. The summed E-state index contributed by atoms with van der Waals surface area (Å²) in [5.74, 6) is -0.358. The van der Waals surface area contributed by atoms with Gasteiger partial charge in [0, 0.05) is 0 Å². The van der Waals surface area contributed by atoms with Crippen molar-refractivity contribution < 1.29 is 14.3 Å². The molecule has 1 aliphatic carbocycles. The first-order chi connectivity index (χ1) is 14.2. The second-order valence-electron chi connectivity index (χ2n) is 6.99. The number of benzene rings is 2. The number of hydrogen-bond donors (Lipinski definition) is 0. The van der Waals surface area contributed by atoms with Gasteiger partial charge in [-0.25, -0.2) is 0 Å². The van der Waals surface area contributed by atoms with E-state index in [0.717, 1.165) is 11.0 Å². The third-order valence-electron chi connectivity index (χ3n) is 4.99. The average molecular weight is 450 g/mol. The summed E-state index contributed by atoms with van der Waals surface area (Å²) in [6.45, 7) is 0.488. The molecule has 3 aromatic rings. The van der Waals surface area contributed by atoms with Crippen molar-refractivity contribution in [3.05, 3.63) is 83.2 Å². The molecule has 1 atom stereocenters. The third kappa shape index (κ3) is 3.43. The molecule has 0 amide bonds. The van der Waals surface area contributed by atoms with Crippen LogP contribution in [0.15, 0.2) is 66.4 Å². The van der Waals surface area contributed by atoms with Crippen molar-refractivity contribution in [1.29, 1.82) is 0 Å². The van der Waals surface area contributed by atoms with Gasteiger partial charge in [-0.3, -0.25) is 0 Å². The van der Waals surface area contributed by atoms with E-state index in [2.05, 4.69) is 22.4 Å². The van der Waals surface area contributed by atoms with Gasteiger partial charge in [0.2, 0.25) is 0 Å². The van der Waals surface area contributed by atoms with Crippen LogP contribution >= 0.6 is 0 Å². The van der Waals surface area contributed by atoms with Crippen molar-refractivity contribution in [1.82, 2.24) is 15.0 Å². The second kappa shape index (κ2) is 7.43. The molecule has 0 spiro atoms. The van der Waals surface area contributed by atoms with E-state index < -0.39 is 11.6 Å². The monoisotopic (exact) mass is 451 g/mol. The van der Waals surface area contributed by atoms with Crippen LogP contribution < -0.4 is 4.46 Å². The predicted molar refractivity (Wildman–Crippen MR) is 108 cm³/mol. The van der Waals surface area contributed by atoms with Gasteiger partial charge >= 0.3 is 174 Å². The van der Waals surface area contributed by atoms with Gasteiger partial charge < -0.3 is 0 Å². The van der Waals surface area contributed by atoms with Crippen LogP contribution in [0.2, 0.25) is 0 Å². The number of ether oxygens (including phenoxy) is 1. The molecular weight excluding hydrogens is 433 g/mol. The molecule has 29 heavy (non-hydrogen) atoms. The molecule has 0 bridgehead atoms. The number of ketones is 2. The predicted octanol–water partition coefficient (Wildman–Crippen LogP) is 1.77. The van der Waals surface area contributed by atoms with E-state index in [1.54, 1.807) is 16.8 Å². The summed E-state index contributed by atoms with van der Waals surface area (Å²) in [6.07, 6.45) is 2.11. The van der Waals surface area contributed by atoms with Crippen molar-refractivity contribution in [3.8, 4) is 0 Å². The zero-order chi connectivity index (χ0) is 19.8. The van der Waals surface area contributed by atoms with Gasteiger partial charge in [0.1, 0.15) is 0 Å². The van der Waals surface area contributed by atoms with E-state index in [4.69, 9.17) is 4.74 Å². The molecule has 2 aromatic carbocycles. The summed E-state index contributed by atoms with van der Waals surface area (Å²) in [4.78, 5) is 24.8. The van der Waals surface area contributed by atoms with Crippen molar-refractivity contribution in [2.75, 3.05) is 0 Å². The van der Waals surface area contributed by atoms with Gasteiger partial charge in [0.05, 0.1) is 0 Å². The number of carbonyl (C=O) groups is 2. The van der Waals surface area contributed by atoms with Crippen molar-refractivity contribution in [3.63, 3.8) is 0 Å². The Morgan fingerprint density at radius 2 is 1.76 bits per heavy atom. The van der Waals surface area contributed by atoms with E-state index in [1.807, 2.05) is 36.5 Å². The number of carbonyl (C=O) groups excluding carboxylic acids is 2. The molecule has 2 heterocycles. The van der Waals surface area contributed by atoms with E-state index >= 15 is 0 Å². The first-order valence-corrected chi connectivity index (χ1v) is 11.4. The zero-order valence-electron chi connectivity index (χ0n) is 15.4. The van der Waals surface area contributed by atoms with Crippen LogP contribution in [0.25, 0.3) is 5.76 Å². The van der Waals surface area contributed by atoms with Crippen molar-refractivity contribution >= 4 is 36.7 Å². The molecule has 1 unspecified atom stereocenters. The molecule has 0 saturated heterocycles. The number of hydrogen-bond acceptors (Lipinski definition) is 5. The maximum atomic E-state index is 12.5. The van der Waals surface area contributed by atoms with Crippen LogP contribution in [0.4, 0.5) is 0 Å². The van der Waals surface area contributed by atoms with Gasteiger partial charge in [-0.15, -0.1) is 0 Å². The second-order valence-corrected chi connectivity index (χ2v) is 9.19. The summed E-state index contributed by atoms with van der Waals surface area (Å²) in [5, 5.41) is 9.35. The summed E-state index contributed by atoms with van der Waals surface area (Å²) in [6, 6.07) is 17.5. The maximum absolute atomic E-state index is 12.5. The summed E-state index contributed by atoms with van der Waals surface area (Å²) >= 11 is 0.309. The molecule has 0 saturated carbocycles. The van der Waals surface area contributed by atoms with Crippen molar-refractivity contribution in [2.24, 2.45) is 0 Å². The van der Waals surface area contributed by atoms with Gasteiger partial charge in [0.15, 0.2) is 0 Å². The summed E-state index contributed by atoms with van der Waals surface area (Å²) < 4.78 is 9.16. The first-order valence-electron chi connectivity index (χ1n) is 9.34. The topological polar surface area (TPSA) is 74.1 Å². The van der Waals surface area contributed by atoms with Gasteiger partial charge in [-0.1, -0.05) is 0 Å². The molecular formula is C22H17N3O3Se. The quantitative estimate of drug-likeness (QED) is 0.438. The minimum absolute atomic E-state index is 0.239. The molecule has 1 aliphatic heterocycles. The SMILES string of the molecule is O=C1C(=O)c2ccccc2C2=C1CC(Cn1cc(C[Se]c3ccccc3)nn1)O2. The van der Waals surface area contributed by atoms with E-state index in [9.17, 15) is 9.59 Å². The third-order valence-corrected chi connectivity index (χ3v) is 7.19. The van der Waals surface area contributed by atoms with E-state index in [1.165, 1.54) is 4.46 Å². The number of nitrogens with zero attached hydrogens (tertiary/aromatic N) is 3. The minimum atomic E-state index is -0.453. The Balaban J connectivity index is 1.27. The average Bonchev–Trinajstić information content (AvgIpc) is 3.39. The Hall–Kier alpha value is -3.02. The van der Waals surface area contributed by atoms with Crippen LogP contribution in [-0.2, 0) is 21.4 Å². The molecule has 7 heteroatoms.